The topological polar surface area (TPSA) is 26.3 Å². The summed E-state index contributed by atoms with van der Waals surface area (Å²) in [5.74, 6) is -0.206. The van der Waals surface area contributed by atoms with E-state index in [0.29, 0.717) is 0 Å². The van der Waals surface area contributed by atoms with Crippen molar-refractivity contribution in [3.8, 4) is 0 Å². The molecule has 0 N–H and O–H groups in total. The molecule has 0 aromatic heterocycles. The van der Waals surface area contributed by atoms with Crippen molar-refractivity contribution in [3.63, 3.8) is 0 Å². The molecule has 0 bridgehead atoms. The summed E-state index contributed by atoms with van der Waals surface area (Å²) >= 11 is 0.132. The van der Waals surface area contributed by atoms with Crippen LogP contribution < -0.4 is 0 Å². The molecule has 0 amide bonds. The number of hydrogen-bond donors (Lipinski definition) is 0. The van der Waals surface area contributed by atoms with Gasteiger partial charge in [0.15, 0.2) is 0 Å². The first-order valence-corrected chi connectivity index (χ1v) is 8.35. The van der Waals surface area contributed by atoms with E-state index in [9.17, 15) is 4.79 Å². The van der Waals surface area contributed by atoms with Crippen LogP contribution in [0.5, 0.6) is 0 Å². The number of benzene rings is 1. The predicted molar refractivity (Wildman–Crippen MR) is 76.2 cm³/mol. The van der Waals surface area contributed by atoms with Crippen LogP contribution in [0.4, 0.5) is 0 Å². The van der Waals surface area contributed by atoms with Crippen molar-refractivity contribution in [2.75, 3.05) is 0 Å². The minimum atomic E-state index is -0.428. The average Bonchev–Trinajstić information content (AvgIpc) is 2.48. The van der Waals surface area contributed by atoms with Crippen molar-refractivity contribution in [1.82, 2.24) is 0 Å². The Morgan fingerprint density at radius 1 is 1.00 bits per heavy atom. The van der Waals surface area contributed by atoms with Gasteiger partial charge in [-0.05, 0) is 0 Å². The molecular weight excluding hydrogens is 303 g/mol. The Labute approximate surface area is 120 Å². The fourth-order valence-electron chi connectivity index (χ4n) is 3.64. The van der Waals surface area contributed by atoms with Crippen LogP contribution in [-0.4, -0.2) is 25.4 Å². The monoisotopic (exact) mass is 322 g/mol. The summed E-state index contributed by atoms with van der Waals surface area (Å²) < 4.78 is 5.52. The van der Waals surface area contributed by atoms with E-state index in [2.05, 4.69) is 52.0 Å². The molecule has 1 heterocycles. The Morgan fingerprint density at radius 2 is 1.53 bits per heavy atom. The normalized spacial score (nSPS) is 25.2. The molecule has 2 nitrogen and oxygen atoms in total. The van der Waals surface area contributed by atoms with Crippen LogP contribution in [0.15, 0.2) is 35.3 Å². The molecule has 3 rings (SSSR count). The van der Waals surface area contributed by atoms with Gasteiger partial charge in [-0.25, -0.2) is 0 Å². The van der Waals surface area contributed by atoms with Crippen molar-refractivity contribution in [2.45, 2.75) is 43.0 Å². The van der Waals surface area contributed by atoms with E-state index < -0.39 is 4.50 Å². The van der Waals surface area contributed by atoms with Crippen LogP contribution in [-0.2, 0) is 20.4 Å². The molecule has 1 aliphatic heterocycles. The van der Waals surface area contributed by atoms with E-state index in [-0.39, 0.29) is 31.8 Å². The first-order valence-electron chi connectivity index (χ1n) is 6.50. The molecule has 0 unspecified atom stereocenters. The zero-order chi connectivity index (χ0) is 13.9. The summed E-state index contributed by atoms with van der Waals surface area (Å²) in [6, 6.07) is 8.49. The molecule has 1 spiro atoms. The molecule has 0 fully saturated rings. The zero-order valence-electron chi connectivity index (χ0n) is 11.7. The van der Waals surface area contributed by atoms with E-state index in [1.165, 1.54) is 11.1 Å². The molecule has 0 radical (unpaired) electrons. The molecule has 1 aliphatic carbocycles. The van der Waals surface area contributed by atoms with Crippen LogP contribution in [0, 0.1) is 0 Å². The summed E-state index contributed by atoms with van der Waals surface area (Å²) in [6.45, 7) is 8.81. The Hall–Kier alpha value is -1.05. The second kappa shape index (κ2) is 3.74. The van der Waals surface area contributed by atoms with Crippen molar-refractivity contribution in [3.05, 3.63) is 46.4 Å². The standard InChI is InChI=1S/C16H18O2Se/c1-14(2)11-7-5-6-8-12(11)15(3,4)16(14)18-13(17)9-10-19-16/h5-10H,1-4H3. The van der Waals surface area contributed by atoms with Gasteiger partial charge in [-0.3, -0.25) is 0 Å². The molecule has 1 aromatic rings. The SMILES string of the molecule is CC1(C)c2ccccc2C(C)(C)C12OC(=O)C=C[Se]2. The molecule has 0 saturated carbocycles. The van der Waals surface area contributed by atoms with Crippen molar-refractivity contribution in [2.24, 2.45) is 0 Å². The van der Waals surface area contributed by atoms with Gasteiger partial charge in [0.2, 0.25) is 0 Å². The van der Waals surface area contributed by atoms with Gasteiger partial charge in [0.25, 0.3) is 0 Å². The van der Waals surface area contributed by atoms with Gasteiger partial charge in [0, 0.05) is 0 Å². The molecule has 19 heavy (non-hydrogen) atoms. The first-order chi connectivity index (χ1) is 8.83. The van der Waals surface area contributed by atoms with Crippen LogP contribution in [0.1, 0.15) is 38.8 Å². The van der Waals surface area contributed by atoms with Gasteiger partial charge in [-0.15, -0.1) is 0 Å². The van der Waals surface area contributed by atoms with Crippen molar-refractivity contribution < 1.29 is 9.53 Å². The Morgan fingerprint density at radius 3 is 2.00 bits per heavy atom. The number of rotatable bonds is 0. The van der Waals surface area contributed by atoms with Gasteiger partial charge in [0.1, 0.15) is 0 Å². The second-order valence-corrected chi connectivity index (χ2v) is 8.53. The zero-order valence-corrected chi connectivity index (χ0v) is 13.4. The average molecular weight is 321 g/mol. The quantitative estimate of drug-likeness (QED) is 0.542. The van der Waals surface area contributed by atoms with Gasteiger partial charge in [-0.1, -0.05) is 0 Å². The van der Waals surface area contributed by atoms with E-state index in [0.717, 1.165) is 0 Å². The Kier molecular flexibility index (Phi) is 2.55. The Bertz CT molecular complexity index is 549. The Balaban J connectivity index is 2.28. The van der Waals surface area contributed by atoms with E-state index in [1.54, 1.807) is 6.08 Å². The number of carbonyl (C=O) groups is 1. The van der Waals surface area contributed by atoms with Gasteiger partial charge in [0.05, 0.1) is 0 Å². The van der Waals surface area contributed by atoms with Crippen LogP contribution >= 0.6 is 0 Å². The maximum absolute atomic E-state index is 11.9. The predicted octanol–water partition coefficient (Wildman–Crippen LogP) is 2.73. The second-order valence-electron chi connectivity index (χ2n) is 6.25. The van der Waals surface area contributed by atoms with Gasteiger partial charge >= 0.3 is 120 Å². The van der Waals surface area contributed by atoms with Gasteiger partial charge < -0.3 is 0 Å². The van der Waals surface area contributed by atoms with Crippen LogP contribution in [0.2, 0.25) is 0 Å². The van der Waals surface area contributed by atoms with E-state index in [1.807, 2.05) is 4.97 Å². The fraction of sp³-hybridized carbons (Fsp3) is 0.438. The maximum atomic E-state index is 11.9. The number of esters is 1. The molecular formula is C16H18O2Se. The third-order valence-electron chi connectivity index (χ3n) is 4.60. The molecule has 3 heteroatoms. The van der Waals surface area contributed by atoms with E-state index >= 15 is 0 Å². The number of carbonyl (C=O) groups excluding carboxylic acids is 1. The van der Waals surface area contributed by atoms with Crippen LogP contribution in [0.25, 0.3) is 0 Å². The van der Waals surface area contributed by atoms with Crippen molar-refractivity contribution >= 4 is 20.9 Å². The summed E-state index contributed by atoms with van der Waals surface area (Å²) in [7, 11) is 0. The summed E-state index contributed by atoms with van der Waals surface area (Å²) in [5.41, 5.74) is 2.30. The molecule has 0 saturated heterocycles. The fourth-order valence-corrected chi connectivity index (χ4v) is 6.39. The summed E-state index contributed by atoms with van der Waals surface area (Å²) in [4.78, 5) is 13.9. The number of hydrogen-bond acceptors (Lipinski definition) is 2. The molecule has 1 aromatic carbocycles. The number of fused-ring (bicyclic) bond motifs is 1. The molecule has 0 atom stereocenters. The van der Waals surface area contributed by atoms with E-state index in [4.69, 9.17) is 4.74 Å². The van der Waals surface area contributed by atoms with Crippen LogP contribution in [0.3, 0.4) is 0 Å². The summed E-state index contributed by atoms with van der Waals surface area (Å²) in [6.07, 6.45) is 1.57. The van der Waals surface area contributed by atoms with Gasteiger partial charge in [-0.2, -0.15) is 0 Å². The molecule has 2 aliphatic rings. The van der Waals surface area contributed by atoms with Crippen molar-refractivity contribution in [1.29, 1.82) is 0 Å². The third kappa shape index (κ3) is 1.40. The minimum absolute atomic E-state index is 0.132. The molecule has 100 valence electrons. The first kappa shape index (κ1) is 13.0. The summed E-state index contributed by atoms with van der Waals surface area (Å²) in [5, 5.41) is 0. The number of ether oxygens (including phenoxy) is 1. The third-order valence-corrected chi connectivity index (χ3v) is 8.19.